The lowest BCUT2D eigenvalue weighted by molar-refractivity contribution is -0.385. The molecule has 0 bridgehead atoms. The fourth-order valence-corrected chi connectivity index (χ4v) is 4.68. The Hall–Kier alpha value is -5.04. The lowest BCUT2D eigenvalue weighted by Crippen LogP contribution is -2.52. The number of hydrogen-bond acceptors (Lipinski definition) is 10. The van der Waals surface area contributed by atoms with Gasteiger partial charge in [0.05, 0.1) is 15.9 Å². The van der Waals surface area contributed by atoms with Crippen molar-refractivity contribution >= 4 is 23.6 Å². The predicted molar refractivity (Wildman–Crippen MR) is 171 cm³/mol. The van der Waals surface area contributed by atoms with E-state index in [1.54, 1.807) is 32.9 Å². The first-order chi connectivity index (χ1) is 21.7. The van der Waals surface area contributed by atoms with Gasteiger partial charge in [-0.25, -0.2) is 9.59 Å². The zero-order valence-electron chi connectivity index (χ0n) is 26.6. The Morgan fingerprint density at radius 1 is 0.826 bits per heavy atom. The van der Waals surface area contributed by atoms with Gasteiger partial charge in [0.2, 0.25) is 0 Å². The number of ether oxygens (including phenoxy) is 3. The van der Waals surface area contributed by atoms with Crippen molar-refractivity contribution in [2.75, 3.05) is 13.1 Å². The van der Waals surface area contributed by atoms with Gasteiger partial charge >= 0.3 is 12.2 Å². The number of benzene rings is 3. The Bertz CT molecular complexity index is 1460. The van der Waals surface area contributed by atoms with Gasteiger partial charge in [-0.1, -0.05) is 56.3 Å². The molecule has 3 rings (SSSR count). The maximum Gasteiger partial charge on any atom is 0.514 e. The fraction of sp³-hybridized carbons (Fsp3) is 0.394. The minimum Gasteiger partial charge on any atom is -0.444 e. The average molecular weight is 637 g/mol. The van der Waals surface area contributed by atoms with Crippen molar-refractivity contribution in [3.8, 4) is 5.75 Å². The van der Waals surface area contributed by atoms with Crippen LogP contribution >= 0.6 is 0 Å². The Balaban J connectivity index is 1.95. The zero-order chi connectivity index (χ0) is 33.9. The Kier molecular flexibility index (Phi) is 12.6. The van der Waals surface area contributed by atoms with E-state index >= 15 is 0 Å². The van der Waals surface area contributed by atoms with Crippen molar-refractivity contribution in [1.29, 1.82) is 0 Å². The van der Waals surface area contributed by atoms with E-state index in [0.717, 1.165) is 11.1 Å². The van der Waals surface area contributed by atoms with Crippen LogP contribution in [0.1, 0.15) is 45.7 Å². The van der Waals surface area contributed by atoms with Gasteiger partial charge in [0.1, 0.15) is 17.5 Å². The molecule has 1 amide bonds. The SMILES string of the molecule is CC(C)CN(Cc1ccc([N+](=O)[O-])cc1)C[C@@H](OC(=O)Oc1ccc([N+](=O)[O-])cc1)[C@H](Cc1ccccc1)NC(=O)OC(C)(C)C. The second-order valence-electron chi connectivity index (χ2n) is 12.2. The van der Waals surface area contributed by atoms with Gasteiger partial charge in [-0.3, -0.25) is 25.1 Å². The Morgan fingerprint density at radius 2 is 1.39 bits per heavy atom. The van der Waals surface area contributed by atoms with Crippen LogP contribution in [0.15, 0.2) is 78.9 Å². The molecule has 0 radical (unpaired) electrons. The molecule has 0 saturated heterocycles. The van der Waals surface area contributed by atoms with Gasteiger partial charge in [-0.2, -0.15) is 0 Å². The maximum atomic E-state index is 13.2. The summed E-state index contributed by atoms with van der Waals surface area (Å²) in [7, 11) is 0. The van der Waals surface area contributed by atoms with Crippen molar-refractivity contribution in [2.45, 2.75) is 65.3 Å². The van der Waals surface area contributed by atoms with Gasteiger partial charge < -0.3 is 19.5 Å². The molecule has 13 nitrogen and oxygen atoms in total. The summed E-state index contributed by atoms with van der Waals surface area (Å²) in [6.07, 6.45) is -2.45. The second-order valence-corrected chi connectivity index (χ2v) is 12.2. The quantitative estimate of drug-likeness (QED) is 0.0873. The minimum absolute atomic E-state index is 0.0288. The molecule has 0 heterocycles. The summed E-state index contributed by atoms with van der Waals surface area (Å²) in [5.41, 5.74) is 0.689. The third-order valence-electron chi connectivity index (χ3n) is 6.56. The molecule has 13 heteroatoms. The topological polar surface area (TPSA) is 163 Å². The molecule has 46 heavy (non-hydrogen) atoms. The molecule has 0 fully saturated rings. The molecular formula is C33H40N4O9. The minimum atomic E-state index is -1.07. The molecule has 3 aromatic rings. The van der Waals surface area contributed by atoms with Crippen LogP contribution < -0.4 is 10.1 Å². The normalized spacial score (nSPS) is 12.7. The maximum absolute atomic E-state index is 13.2. The summed E-state index contributed by atoms with van der Waals surface area (Å²) in [6, 6.07) is 19.8. The van der Waals surface area contributed by atoms with Crippen LogP contribution in [-0.2, 0) is 22.4 Å². The monoisotopic (exact) mass is 636 g/mol. The van der Waals surface area contributed by atoms with Crippen molar-refractivity contribution < 1.29 is 33.6 Å². The van der Waals surface area contributed by atoms with Crippen molar-refractivity contribution in [1.82, 2.24) is 10.2 Å². The molecule has 3 aromatic carbocycles. The predicted octanol–water partition coefficient (Wildman–Crippen LogP) is 6.68. The number of rotatable bonds is 14. The van der Waals surface area contributed by atoms with Crippen LogP contribution in [-0.4, -0.2) is 57.8 Å². The number of amides is 1. The second kappa shape index (κ2) is 16.3. The largest absolute Gasteiger partial charge is 0.514 e. The zero-order valence-corrected chi connectivity index (χ0v) is 26.6. The van der Waals surface area contributed by atoms with Gasteiger partial charge in [0, 0.05) is 43.9 Å². The van der Waals surface area contributed by atoms with E-state index in [4.69, 9.17) is 14.2 Å². The van der Waals surface area contributed by atoms with E-state index in [0.29, 0.717) is 13.1 Å². The van der Waals surface area contributed by atoms with Crippen LogP contribution in [0.2, 0.25) is 0 Å². The van der Waals surface area contributed by atoms with Crippen molar-refractivity contribution in [3.05, 3.63) is 110 Å². The molecule has 0 aliphatic heterocycles. The van der Waals surface area contributed by atoms with E-state index in [-0.39, 0.29) is 36.0 Å². The first-order valence-corrected chi connectivity index (χ1v) is 14.8. The molecule has 0 aromatic heterocycles. The highest BCUT2D eigenvalue weighted by Gasteiger charge is 2.32. The number of nitrogens with one attached hydrogen (secondary N) is 1. The first kappa shape index (κ1) is 35.4. The highest BCUT2D eigenvalue weighted by Crippen LogP contribution is 2.21. The summed E-state index contributed by atoms with van der Waals surface area (Å²) in [6.45, 7) is 10.4. The average Bonchev–Trinajstić information content (AvgIpc) is 2.96. The smallest absolute Gasteiger partial charge is 0.444 e. The standard InChI is InChI=1S/C33H40N4O9/c1-23(2)20-35(21-25-11-13-26(14-12-25)36(40)41)22-30(45-32(39)44-28-17-15-27(16-18-28)37(42)43)29(19-24-9-7-6-8-10-24)34-31(38)46-33(3,4)5/h6-18,23,29-30H,19-22H2,1-5H3,(H,34,38)/t29-,30+/m0/s1. The van der Waals surface area contributed by atoms with E-state index in [1.165, 1.54) is 36.4 Å². The van der Waals surface area contributed by atoms with Crippen LogP contribution in [0.5, 0.6) is 5.75 Å². The Labute approximate surface area is 267 Å². The highest BCUT2D eigenvalue weighted by atomic mass is 16.7. The summed E-state index contributed by atoms with van der Waals surface area (Å²) in [4.78, 5) is 49.4. The molecule has 2 atom stereocenters. The van der Waals surface area contributed by atoms with E-state index in [2.05, 4.69) is 5.32 Å². The summed E-state index contributed by atoms with van der Waals surface area (Å²) < 4.78 is 16.8. The van der Waals surface area contributed by atoms with Gasteiger partial charge in [0.15, 0.2) is 0 Å². The number of nitrogens with zero attached hydrogens (tertiary/aromatic N) is 3. The van der Waals surface area contributed by atoms with Crippen LogP contribution in [0, 0.1) is 26.1 Å². The summed E-state index contributed by atoms with van der Waals surface area (Å²) in [5, 5.41) is 25.1. The third-order valence-corrected chi connectivity index (χ3v) is 6.56. The summed E-state index contributed by atoms with van der Waals surface area (Å²) >= 11 is 0. The molecule has 0 unspecified atom stereocenters. The van der Waals surface area contributed by atoms with Gasteiger partial charge in [0.25, 0.3) is 11.4 Å². The van der Waals surface area contributed by atoms with Crippen molar-refractivity contribution in [2.24, 2.45) is 5.92 Å². The van der Waals surface area contributed by atoms with Crippen LogP contribution in [0.3, 0.4) is 0 Å². The van der Waals surface area contributed by atoms with Gasteiger partial charge in [-0.15, -0.1) is 0 Å². The lowest BCUT2D eigenvalue weighted by Gasteiger charge is -2.33. The molecule has 0 aliphatic carbocycles. The number of nitro benzene ring substituents is 2. The van der Waals surface area contributed by atoms with Crippen LogP contribution in [0.4, 0.5) is 21.0 Å². The number of hydrogen-bond donors (Lipinski definition) is 1. The number of nitro groups is 2. The number of carbonyl (C=O) groups is 2. The lowest BCUT2D eigenvalue weighted by atomic mass is 10.00. The molecule has 0 aliphatic rings. The van der Waals surface area contributed by atoms with E-state index in [9.17, 15) is 29.8 Å². The summed E-state index contributed by atoms with van der Waals surface area (Å²) in [5.74, 6) is 0.233. The number of carbonyl (C=O) groups excluding carboxylic acids is 2. The molecule has 0 spiro atoms. The first-order valence-electron chi connectivity index (χ1n) is 14.8. The number of non-ortho nitro benzene ring substituents is 2. The molecule has 246 valence electrons. The van der Waals surface area contributed by atoms with Crippen molar-refractivity contribution in [3.63, 3.8) is 0 Å². The van der Waals surface area contributed by atoms with E-state index in [1.807, 2.05) is 49.1 Å². The highest BCUT2D eigenvalue weighted by molar-refractivity contribution is 5.68. The fourth-order valence-electron chi connectivity index (χ4n) is 4.68. The van der Waals surface area contributed by atoms with E-state index < -0.39 is 39.8 Å². The van der Waals surface area contributed by atoms with Crippen LogP contribution in [0.25, 0.3) is 0 Å². The third kappa shape index (κ3) is 12.2. The molecular weight excluding hydrogens is 596 g/mol. The van der Waals surface area contributed by atoms with Gasteiger partial charge in [-0.05, 0) is 56.4 Å². The molecule has 1 N–H and O–H groups in total. The Morgan fingerprint density at radius 3 is 1.91 bits per heavy atom. The molecule has 0 saturated carbocycles. The number of alkyl carbamates (subject to hydrolysis) is 1.